The molecule has 1 aromatic carbocycles. The van der Waals surface area contributed by atoms with Gasteiger partial charge in [0.2, 0.25) is 11.0 Å². The number of aryl methyl sites for hydroxylation is 1. The summed E-state index contributed by atoms with van der Waals surface area (Å²) in [5.74, 6) is 0.339. The molecule has 1 heterocycles. The Morgan fingerprint density at radius 1 is 1.30 bits per heavy atom. The van der Waals surface area contributed by atoms with Crippen molar-refractivity contribution in [3.05, 3.63) is 29.8 Å². The van der Waals surface area contributed by atoms with Gasteiger partial charge in [-0.05, 0) is 24.1 Å². The normalized spacial score (nSPS) is 10.3. The smallest absolute Gasteiger partial charge is 0.230 e. The molecule has 2 rings (SSSR count). The molecule has 106 valence electrons. The minimum Gasteiger partial charge on any atom is -0.358 e. The quantitative estimate of drug-likeness (QED) is 0.803. The second-order valence-electron chi connectivity index (χ2n) is 4.01. The second kappa shape index (κ2) is 7.25. The van der Waals surface area contributed by atoms with E-state index in [4.69, 9.17) is 0 Å². The summed E-state index contributed by atoms with van der Waals surface area (Å²) in [7, 11) is 1.62. The van der Waals surface area contributed by atoms with Crippen molar-refractivity contribution in [2.24, 2.45) is 0 Å². The Bertz CT molecular complexity index is 568. The fourth-order valence-electron chi connectivity index (χ4n) is 1.47. The van der Waals surface area contributed by atoms with E-state index in [1.54, 1.807) is 7.05 Å². The Morgan fingerprint density at radius 3 is 2.70 bits per heavy atom. The molecule has 20 heavy (non-hydrogen) atoms. The van der Waals surface area contributed by atoms with Gasteiger partial charge in [-0.1, -0.05) is 42.2 Å². The predicted octanol–water partition coefficient (Wildman–Crippen LogP) is 2.68. The average Bonchev–Trinajstić information content (AvgIpc) is 2.93. The number of nitrogens with one attached hydrogen (secondary N) is 2. The SMILES string of the molecule is CCc1ccc(Nc2nnc(SCC(=O)NC)s2)cc1. The lowest BCUT2D eigenvalue weighted by molar-refractivity contribution is -0.118. The Morgan fingerprint density at radius 2 is 2.05 bits per heavy atom. The summed E-state index contributed by atoms with van der Waals surface area (Å²) in [6.45, 7) is 2.13. The lowest BCUT2D eigenvalue weighted by atomic mass is 10.1. The molecule has 0 bridgehead atoms. The third-order valence-electron chi connectivity index (χ3n) is 2.63. The molecule has 0 atom stereocenters. The fourth-order valence-corrected chi connectivity index (χ4v) is 3.11. The molecule has 0 aliphatic rings. The van der Waals surface area contributed by atoms with Gasteiger partial charge in [0.25, 0.3) is 0 Å². The van der Waals surface area contributed by atoms with Gasteiger partial charge in [-0.15, -0.1) is 10.2 Å². The molecule has 1 aromatic heterocycles. The number of hydrogen-bond acceptors (Lipinski definition) is 6. The van der Waals surface area contributed by atoms with Gasteiger partial charge in [-0.3, -0.25) is 4.79 Å². The minimum atomic E-state index is -0.0186. The molecule has 0 radical (unpaired) electrons. The standard InChI is InChI=1S/C13H16N4OS2/c1-3-9-4-6-10(7-5-9)15-12-16-17-13(20-12)19-8-11(18)14-2/h4-7H,3,8H2,1-2H3,(H,14,18)(H,15,16). The maximum Gasteiger partial charge on any atom is 0.230 e. The number of carbonyl (C=O) groups excluding carboxylic acids is 1. The number of carbonyl (C=O) groups is 1. The number of amides is 1. The first-order chi connectivity index (χ1) is 9.71. The zero-order valence-electron chi connectivity index (χ0n) is 11.3. The van der Waals surface area contributed by atoms with Crippen LogP contribution in [0.25, 0.3) is 0 Å². The van der Waals surface area contributed by atoms with Crippen LogP contribution in [0.1, 0.15) is 12.5 Å². The van der Waals surface area contributed by atoms with E-state index in [1.165, 1.54) is 28.7 Å². The largest absolute Gasteiger partial charge is 0.358 e. The van der Waals surface area contributed by atoms with Crippen LogP contribution < -0.4 is 10.6 Å². The molecule has 5 nitrogen and oxygen atoms in total. The number of hydrogen-bond donors (Lipinski definition) is 2. The van der Waals surface area contributed by atoms with E-state index >= 15 is 0 Å². The monoisotopic (exact) mass is 308 g/mol. The Kier molecular flexibility index (Phi) is 5.37. The van der Waals surface area contributed by atoms with Crippen LogP contribution >= 0.6 is 23.1 Å². The second-order valence-corrected chi connectivity index (χ2v) is 6.21. The van der Waals surface area contributed by atoms with Crippen LogP contribution in [-0.4, -0.2) is 28.9 Å². The maximum atomic E-state index is 11.2. The third kappa shape index (κ3) is 4.21. The molecule has 0 saturated carbocycles. The summed E-state index contributed by atoms with van der Waals surface area (Å²) in [5, 5.41) is 14.6. The van der Waals surface area contributed by atoms with Crippen LogP contribution in [0.5, 0.6) is 0 Å². The van der Waals surface area contributed by atoms with Gasteiger partial charge in [0.15, 0.2) is 4.34 Å². The predicted molar refractivity (Wildman–Crippen MR) is 83.8 cm³/mol. The molecule has 2 aromatic rings. The third-order valence-corrected chi connectivity index (χ3v) is 4.60. The molecular weight excluding hydrogens is 292 g/mol. The molecule has 0 aliphatic carbocycles. The molecule has 7 heteroatoms. The van der Waals surface area contributed by atoms with Crippen LogP contribution in [0.4, 0.5) is 10.8 Å². The number of anilines is 2. The van der Waals surface area contributed by atoms with E-state index < -0.39 is 0 Å². The van der Waals surface area contributed by atoms with Crippen LogP contribution in [0, 0.1) is 0 Å². The lowest BCUT2D eigenvalue weighted by Gasteiger charge is -2.02. The number of nitrogens with zero attached hydrogens (tertiary/aromatic N) is 2. The zero-order chi connectivity index (χ0) is 14.4. The van der Waals surface area contributed by atoms with Crippen molar-refractivity contribution < 1.29 is 4.79 Å². The van der Waals surface area contributed by atoms with E-state index in [0.717, 1.165) is 21.6 Å². The summed E-state index contributed by atoms with van der Waals surface area (Å²) in [6.07, 6.45) is 1.03. The molecule has 0 saturated heterocycles. The van der Waals surface area contributed by atoms with Crippen LogP contribution in [0.3, 0.4) is 0 Å². The van der Waals surface area contributed by atoms with E-state index in [0.29, 0.717) is 5.75 Å². The van der Waals surface area contributed by atoms with Crippen molar-refractivity contribution in [2.45, 2.75) is 17.7 Å². The maximum absolute atomic E-state index is 11.2. The number of aromatic nitrogens is 2. The van der Waals surface area contributed by atoms with Crippen molar-refractivity contribution in [1.82, 2.24) is 15.5 Å². The van der Waals surface area contributed by atoms with Crippen molar-refractivity contribution in [3.8, 4) is 0 Å². The summed E-state index contributed by atoms with van der Waals surface area (Å²) in [6, 6.07) is 8.23. The summed E-state index contributed by atoms with van der Waals surface area (Å²) in [5.41, 5.74) is 2.29. The summed E-state index contributed by atoms with van der Waals surface area (Å²) >= 11 is 2.82. The molecule has 0 aliphatic heterocycles. The summed E-state index contributed by atoms with van der Waals surface area (Å²) < 4.78 is 0.779. The van der Waals surface area contributed by atoms with Crippen molar-refractivity contribution in [2.75, 3.05) is 18.1 Å². The molecule has 2 N–H and O–H groups in total. The summed E-state index contributed by atoms with van der Waals surface area (Å²) in [4.78, 5) is 11.2. The first kappa shape index (κ1) is 14.8. The minimum absolute atomic E-state index is 0.0186. The highest BCUT2D eigenvalue weighted by Gasteiger charge is 2.07. The highest BCUT2D eigenvalue weighted by atomic mass is 32.2. The number of thioether (sulfide) groups is 1. The Hall–Kier alpha value is -1.60. The lowest BCUT2D eigenvalue weighted by Crippen LogP contribution is -2.19. The van der Waals surface area contributed by atoms with Gasteiger partial charge >= 0.3 is 0 Å². The highest BCUT2D eigenvalue weighted by molar-refractivity contribution is 8.01. The Labute approximate surface area is 126 Å². The first-order valence-corrected chi connectivity index (χ1v) is 8.04. The molecular formula is C13H16N4OS2. The number of rotatable bonds is 6. The van der Waals surface area contributed by atoms with E-state index in [-0.39, 0.29) is 5.91 Å². The van der Waals surface area contributed by atoms with Crippen LogP contribution in [0.15, 0.2) is 28.6 Å². The van der Waals surface area contributed by atoms with Gasteiger partial charge in [0.1, 0.15) is 0 Å². The van der Waals surface area contributed by atoms with Crippen molar-refractivity contribution in [1.29, 1.82) is 0 Å². The number of benzene rings is 1. The van der Waals surface area contributed by atoms with Crippen LogP contribution in [-0.2, 0) is 11.2 Å². The van der Waals surface area contributed by atoms with Gasteiger partial charge in [-0.25, -0.2) is 0 Å². The van der Waals surface area contributed by atoms with Crippen molar-refractivity contribution in [3.63, 3.8) is 0 Å². The van der Waals surface area contributed by atoms with Gasteiger partial charge in [-0.2, -0.15) is 0 Å². The van der Waals surface area contributed by atoms with Gasteiger partial charge in [0.05, 0.1) is 5.75 Å². The molecule has 0 unspecified atom stereocenters. The van der Waals surface area contributed by atoms with Gasteiger partial charge < -0.3 is 10.6 Å². The zero-order valence-corrected chi connectivity index (χ0v) is 13.0. The average molecular weight is 308 g/mol. The molecule has 0 fully saturated rings. The van der Waals surface area contributed by atoms with E-state index in [2.05, 4.69) is 39.9 Å². The molecule has 1 amide bonds. The molecule has 0 spiro atoms. The highest BCUT2D eigenvalue weighted by Crippen LogP contribution is 2.27. The fraction of sp³-hybridized carbons (Fsp3) is 0.308. The Balaban J connectivity index is 1.93. The van der Waals surface area contributed by atoms with Crippen molar-refractivity contribution >= 4 is 39.8 Å². The first-order valence-electron chi connectivity index (χ1n) is 6.24. The van der Waals surface area contributed by atoms with E-state index in [1.807, 2.05) is 12.1 Å². The van der Waals surface area contributed by atoms with E-state index in [9.17, 15) is 4.79 Å². The van der Waals surface area contributed by atoms with Gasteiger partial charge in [0, 0.05) is 12.7 Å². The van der Waals surface area contributed by atoms with Crippen LogP contribution in [0.2, 0.25) is 0 Å². The topological polar surface area (TPSA) is 66.9 Å².